The predicted molar refractivity (Wildman–Crippen MR) is 86.0 cm³/mol. The second-order valence-corrected chi connectivity index (χ2v) is 4.97. The Kier molecular flexibility index (Phi) is 7.52. The highest BCUT2D eigenvalue weighted by molar-refractivity contribution is 14.0. The van der Waals surface area contributed by atoms with E-state index in [2.05, 4.69) is 10.3 Å². The molecule has 20 heavy (non-hydrogen) atoms. The summed E-state index contributed by atoms with van der Waals surface area (Å²) in [6.45, 7) is 1.96. The summed E-state index contributed by atoms with van der Waals surface area (Å²) >= 11 is 0. The highest BCUT2D eigenvalue weighted by Crippen LogP contribution is 2.19. The van der Waals surface area contributed by atoms with E-state index in [-0.39, 0.29) is 36.2 Å². The van der Waals surface area contributed by atoms with Gasteiger partial charge in [-0.1, -0.05) is 0 Å². The van der Waals surface area contributed by atoms with Crippen molar-refractivity contribution >= 4 is 35.8 Å². The van der Waals surface area contributed by atoms with Crippen LogP contribution in [0.3, 0.4) is 0 Å². The van der Waals surface area contributed by atoms with Gasteiger partial charge in [-0.3, -0.25) is 9.79 Å². The zero-order chi connectivity index (χ0) is 13.7. The molecule has 3 atom stereocenters. The maximum absolute atomic E-state index is 10.9. The lowest BCUT2D eigenvalue weighted by Gasteiger charge is -2.12. The first kappa shape index (κ1) is 17.4. The van der Waals surface area contributed by atoms with E-state index in [1.54, 1.807) is 0 Å². The zero-order valence-corrected chi connectivity index (χ0v) is 13.7. The minimum absolute atomic E-state index is 0. The van der Waals surface area contributed by atoms with E-state index in [0.717, 1.165) is 25.9 Å². The van der Waals surface area contributed by atoms with Gasteiger partial charge in [0.1, 0.15) is 6.10 Å². The molecule has 0 radical (unpaired) electrons. The Morgan fingerprint density at radius 1 is 1.25 bits per heavy atom. The van der Waals surface area contributed by atoms with Crippen LogP contribution in [-0.4, -0.2) is 49.9 Å². The lowest BCUT2D eigenvalue weighted by atomic mass is 10.2. The van der Waals surface area contributed by atoms with Gasteiger partial charge < -0.3 is 26.3 Å². The van der Waals surface area contributed by atoms with Crippen molar-refractivity contribution in [3.05, 3.63) is 0 Å². The maximum atomic E-state index is 10.9. The number of aliphatic imine (C=N–C) groups is 1. The number of hydrogen-bond acceptors (Lipinski definition) is 4. The molecule has 0 aromatic rings. The monoisotopic (exact) mass is 398 g/mol. The third-order valence-electron chi connectivity index (χ3n) is 3.42. The van der Waals surface area contributed by atoms with E-state index in [1.807, 2.05) is 0 Å². The largest absolute Gasteiger partial charge is 0.376 e. The third kappa shape index (κ3) is 5.41. The molecule has 3 unspecified atom stereocenters. The normalized spacial score (nSPS) is 30.0. The lowest BCUT2D eigenvalue weighted by Crippen LogP contribution is -2.38. The van der Waals surface area contributed by atoms with Crippen LogP contribution in [0.5, 0.6) is 0 Å². The van der Waals surface area contributed by atoms with Crippen molar-refractivity contribution in [2.24, 2.45) is 16.5 Å². The summed E-state index contributed by atoms with van der Waals surface area (Å²) in [5.74, 6) is -0.0161. The van der Waals surface area contributed by atoms with Crippen LogP contribution in [-0.2, 0) is 14.3 Å². The number of amides is 1. The first-order valence-electron chi connectivity index (χ1n) is 6.75. The van der Waals surface area contributed by atoms with E-state index in [9.17, 15) is 4.79 Å². The predicted octanol–water partition coefficient (Wildman–Crippen LogP) is -0.279. The number of carbonyl (C=O) groups excluding carboxylic acids is 1. The van der Waals surface area contributed by atoms with Gasteiger partial charge in [0, 0.05) is 13.2 Å². The molecule has 2 heterocycles. The molecule has 1 amide bonds. The van der Waals surface area contributed by atoms with E-state index < -0.39 is 12.0 Å². The molecule has 2 aliphatic rings. The van der Waals surface area contributed by atoms with Crippen LogP contribution >= 0.6 is 24.0 Å². The van der Waals surface area contributed by atoms with Crippen LogP contribution in [0.15, 0.2) is 4.99 Å². The Morgan fingerprint density at radius 3 is 2.65 bits per heavy atom. The van der Waals surface area contributed by atoms with Crippen molar-refractivity contribution < 1.29 is 14.3 Å². The smallest absolute Gasteiger partial charge is 0.246 e. The molecule has 0 saturated carbocycles. The van der Waals surface area contributed by atoms with E-state index in [1.165, 1.54) is 0 Å². The minimum atomic E-state index is -0.471. The second-order valence-electron chi connectivity index (χ2n) is 4.97. The SMILES string of the molecule is I.NC(=O)C1CCC(CN=C(N)NCC2CCCO2)O1. The molecule has 2 saturated heterocycles. The first-order chi connectivity index (χ1) is 9.15. The summed E-state index contributed by atoms with van der Waals surface area (Å²) < 4.78 is 10.9. The van der Waals surface area contributed by atoms with Gasteiger partial charge in [0.25, 0.3) is 0 Å². The molecule has 8 heteroatoms. The van der Waals surface area contributed by atoms with Crippen LogP contribution in [0.25, 0.3) is 0 Å². The Morgan fingerprint density at radius 2 is 2.05 bits per heavy atom. The molecule has 0 spiro atoms. The molecule has 2 rings (SSSR count). The number of halogens is 1. The number of ether oxygens (including phenoxy) is 2. The molecular weight excluding hydrogens is 375 g/mol. The second kappa shape index (κ2) is 8.63. The average molecular weight is 398 g/mol. The molecule has 2 aliphatic heterocycles. The number of nitrogens with one attached hydrogen (secondary N) is 1. The van der Waals surface area contributed by atoms with E-state index in [0.29, 0.717) is 25.5 Å². The van der Waals surface area contributed by atoms with Crippen molar-refractivity contribution in [3.8, 4) is 0 Å². The Bertz CT molecular complexity index is 348. The van der Waals surface area contributed by atoms with Gasteiger partial charge in [-0.05, 0) is 25.7 Å². The molecule has 0 aliphatic carbocycles. The Labute approximate surface area is 135 Å². The lowest BCUT2D eigenvalue weighted by molar-refractivity contribution is -0.128. The number of nitrogens with two attached hydrogens (primary N) is 2. The summed E-state index contributed by atoms with van der Waals surface area (Å²) in [7, 11) is 0. The standard InChI is InChI=1S/C12H22N4O3.HI/c13-11(17)10-4-3-9(19-10)7-16-12(14)15-6-8-2-1-5-18-8;/h8-10H,1-7H2,(H2,13,17)(H3,14,15,16);1H. The number of hydrogen-bond donors (Lipinski definition) is 3. The summed E-state index contributed by atoms with van der Waals surface area (Å²) in [4.78, 5) is 15.2. The van der Waals surface area contributed by atoms with Crippen LogP contribution in [0.1, 0.15) is 25.7 Å². The van der Waals surface area contributed by atoms with E-state index >= 15 is 0 Å². The number of primary amides is 1. The maximum Gasteiger partial charge on any atom is 0.246 e. The molecule has 0 aromatic heterocycles. The Hall–Kier alpha value is -0.610. The zero-order valence-electron chi connectivity index (χ0n) is 11.4. The topological polar surface area (TPSA) is 112 Å². The molecular formula is C12H23IN4O3. The summed E-state index contributed by atoms with van der Waals surface area (Å²) in [6, 6.07) is 0. The van der Waals surface area contributed by atoms with Crippen molar-refractivity contribution in [2.45, 2.75) is 44.0 Å². The fraction of sp³-hybridized carbons (Fsp3) is 0.833. The number of guanidine groups is 1. The van der Waals surface area contributed by atoms with Gasteiger partial charge in [0.05, 0.1) is 18.8 Å². The van der Waals surface area contributed by atoms with Crippen LogP contribution in [0, 0.1) is 0 Å². The van der Waals surface area contributed by atoms with Gasteiger partial charge in [0.2, 0.25) is 5.91 Å². The van der Waals surface area contributed by atoms with Gasteiger partial charge >= 0.3 is 0 Å². The third-order valence-corrected chi connectivity index (χ3v) is 3.42. The van der Waals surface area contributed by atoms with Crippen LogP contribution in [0.2, 0.25) is 0 Å². The van der Waals surface area contributed by atoms with Crippen LogP contribution < -0.4 is 16.8 Å². The van der Waals surface area contributed by atoms with Gasteiger partial charge in [-0.25, -0.2) is 0 Å². The number of carbonyl (C=O) groups is 1. The Balaban J connectivity index is 0.00000200. The quantitative estimate of drug-likeness (QED) is 0.335. The molecule has 7 nitrogen and oxygen atoms in total. The molecule has 0 bridgehead atoms. The molecule has 5 N–H and O–H groups in total. The van der Waals surface area contributed by atoms with Crippen molar-refractivity contribution in [1.82, 2.24) is 5.32 Å². The average Bonchev–Trinajstić information content (AvgIpc) is 3.05. The highest BCUT2D eigenvalue weighted by Gasteiger charge is 2.28. The highest BCUT2D eigenvalue weighted by atomic mass is 127. The summed E-state index contributed by atoms with van der Waals surface area (Å²) in [5, 5.41) is 3.04. The van der Waals surface area contributed by atoms with Crippen molar-refractivity contribution in [3.63, 3.8) is 0 Å². The van der Waals surface area contributed by atoms with Crippen molar-refractivity contribution in [2.75, 3.05) is 19.7 Å². The fourth-order valence-corrected chi connectivity index (χ4v) is 2.33. The van der Waals surface area contributed by atoms with Gasteiger partial charge in [-0.15, -0.1) is 24.0 Å². The fourth-order valence-electron chi connectivity index (χ4n) is 2.33. The molecule has 116 valence electrons. The first-order valence-corrected chi connectivity index (χ1v) is 6.75. The number of rotatable bonds is 5. The van der Waals surface area contributed by atoms with Crippen LogP contribution in [0.4, 0.5) is 0 Å². The number of nitrogens with zero attached hydrogens (tertiary/aromatic N) is 1. The van der Waals surface area contributed by atoms with E-state index in [4.69, 9.17) is 20.9 Å². The molecule has 2 fully saturated rings. The minimum Gasteiger partial charge on any atom is -0.376 e. The van der Waals surface area contributed by atoms with Gasteiger partial charge in [0.15, 0.2) is 5.96 Å². The summed E-state index contributed by atoms with van der Waals surface area (Å²) in [5.41, 5.74) is 10.9. The molecule has 0 aromatic carbocycles. The van der Waals surface area contributed by atoms with Gasteiger partial charge in [-0.2, -0.15) is 0 Å². The van der Waals surface area contributed by atoms with Crippen molar-refractivity contribution in [1.29, 1.82) is 0 Å². The summed E-state index contributed by atoms with van der Waals surface area (Å²) in [6.07, 6.45) is 3.31.